The molecule has 1 amide bonds. The summed E-state index contributed by atoms with van der Waals surface area (Å²) in [6, 6.07) is 17.8. The van der Waals surface area contributed by atoms with Crippen LogP contribution in [0.5, 0.6) is 11.5 Å². The van der Waals surface area contributed by atoms with E-state index >= 15 is 0 Å². The fraction of sp³-hybridized carbons (Fsp3) is 0.486. The van der Waals surface area contributed by atoms with E-state index in [1.165, 1.54) is 32.0 Å². The highest BCUT2D eigenvalue weighted by molar-refractivity contribution is 6.16. The molecule has 2 aliphatic heterocycles. The maximum Gasteiger partial charge on any atom is 0.223 e. The lowest BCUT2D eigenvalue weighted by molar-refractivity contribution is -0.142. The Morgan fingerprint density at radius 3 is 2.32 bits per heavy atom. The molecule has 6 aliphatic rings. The molecule has 4 aliphatic carbocycles. The first-order chi connectivity index (χ1) is 21.4. The van der Waals surface area contributed by atoms with Gasteiger partial charge in [-0.1, -0.05) is 18.2 Å². The minimum atomic E-state index is 0.231. The van der Waals surface area contributed by atoms with Crippen molar-refractivity contribution in [1.82, 2.24) is 19.8 Å². The molecule has 0 spiro atoms. The fourth-order valence-corrected chi connectivity index (χ4v) is 9.08. The van der Waals surface area contributed by atoms with Gasteiger partial charge >= 0.3 is 0 Å². The van der Waals surface area contributed by atoms with Gasteiger partial charge in [-0.05, 0) is 98.1 Å². The average Bonchev–Trinajstić information content (AvgIpc) is 3.74. The van der Waals surface area contributed by atoms with Crippen LogP contribution in [-0.4, -0.2) is 69.6 Å². The summed E-state index contributed by atoms with van der Waals surface area (Å²) >= 11 is 0. The number of carbonyl (C=O) groups is 1. The number of benzene rings is 2. The molecule has 9 rings (SSSR count). The smallest absolute Gasteiger partial charge is 0.223 e. The van der Waals surface area contributed by atoms with Gasteiger partial charge in [0.2, 0.25) is 5.91 Å². The molecule has 9 heteroatoms. The van der Waals surface area contributed by atoms with E-state index < -0.39 is 0 Å². The Bertz CT molecular complexity index is 1530. The van der Waals surface area contributed by atoms with Crippen LogP contribution in [0.4, 0.5) is 11.6 Å². The van der Waals surface area contributed by atoms with Gasteiger partial charge in [-0.2, -0.15) is 0 Å². The first-order valence-electron chi connectivity index (χ1n) is 16.3. The maximum absolute atomic E-state index is 13.2. The number of nitrogen functional groups attached to an aromatic ring is 1. The third-order valence-corrected chi connectivity index (χ3v) is 11.4. The lowest BCUT2D eigenvalue weighted by atomic mass is 9.77. The van der Waals surface area contributed by atoms with Crippen LogP contribution in [0.15, 0.2) is 60.9 Å². The minimum absolute atomic E-state index is 0.231. The van der Waals surface area contributed by atoms with E-state index in [9.17, 15) is 4.79 Å². The fourth-order valence-electron chi connectivity index (χ4n) is 9.08. The highest BCUT2D eigenvalue weighted by Gasteiger charge is 2.63. The van der Waals surface area contributed by atoms with Crippen LogP contribution in [0.1, 0.15) is 56.1 Å². The summed E-state index contributed by atoms with van der Waals surface area (Å²) in [4.78, 5) is 26.5. The van der Waals surface area contributed by atoms with Crippen molar-refractivity contribution in [3.05, 3.63) is 72.1 Å². The van der Waals surface area contributed by atoms with Gasteiger partial charge < -0.3 is 20.7 Å². The summed E-state index contributed by atoms with van der Waals surface area (Å²) in [5.74, 6) is 5.45. The molecular weight excluding hydrogens is 550 g/mol. The van der Waals surface area contributed by atoms with Crippen LogP contribution in [0.3, 0.4) is 0 Å². The van der Waals surface area contributed by atoms with E-state index in [2.05, 4.69) is 25.1 Å². The number of para-hydroxylation sites is 1. The van der Waals surface area contributed by atoms with E-state index in [0.717, 1.165) is 68.9 Å². The van der Waals surface area contributed by atoms with Gasteiger partial charge in [-0.3, -0.25) is 15.1 Å². The maximum atomic E-state index is 13.2. The second-order valence-corrected chi connectivity index (χ2v) is 13.8. The van der Waals surface area contributed by atoms with Gasteiger partial charge in [0, 0.05) is 50.2 Å². The predicted molar refractivity (Wildman–Crippen MR) is 170 cm³/mol. The number of nitrogens with one attached hydrogen (secondary N) is 2. The second kappa shape index (κ2) is 10.9. The van der Waals surface area contributed by atoms with Crippen molar-refractivity contribution in [1.29, 1.82) is 5.41 Å². The number of rotatable bonds is 9. The molecule has 4 N–H and O–H groups in total. The number of carbonyl (C=O) groups excluding carboxylic acids is 1. The molecular formula is C35H41N7O2. The van der Waals surface area contributed by atoms with Crippen molar-refractivity contribution in [2.75, 3.05) is 37.2 Å². The number of anilines is 2. The van der Waals surface area contributed by atoms with Crippen molar-refractivity contribution in [2.45, 2.75) is 57.0 Å². The van der Waals surface area contributed by atoms with Crippen LogP contribution in [0.25, 0.3) is 0 Å². The standard InChI is InChI=1S/C35H41N7O2/c36-32(22-6-8-29(9-7-22)44-28-4-2-1-3-5-28)31-33(37)38-21-39-34(31)40-26-10-12-41(13-11-26)27-19-42(20-27)30(43)18-35-16-23-14-25(35)15-24(23)17-35/h1-9,21,23-27,36H,10-20H2,(H3,37,38,39,40). The van der Waals surface area contributed by atoms with E-state index in [1.54, 1.807) is 0 Å². The molecule has 6 fully saturated rings. The zero-order chi connectivity index (χ0) is 29.8. The molecule has 4 saturated carbocycles. The van der Waals surface area contributed by atoms with Crippen molar-refractivity contribution < 1.29 is 9.53 Å². The third-order valence-electron chi connectivity index (χ3n) is 11.4. The number of piperidine rings is 1. The molecule has 3 heterocycles. The molecule has 0 radical (unpaired) electrons. The summed E-state index contributed by atoms with van der Waals surface area (Å²) in [5.41, 5.74) is 8.18. The lowest BCUT2D eigenvalue weighted by Gasteiger charge is -2.48. The molecule has 3 aromatic rings. The SMILES string of the molecule is N=C(c1ccc(Oc2ccccc2)cc1)c1c(N)ncnc1NC1CCN(C2CN(C(=O)CC34CC5CC3CC5C4)C2)CC1. The molecule has 228 valence electrons. The molecule has 4 bridgehead atoms. The highest BCUT2D eigenvalue weighted by Crippen LogP contribution is 2.71. The van der Waals surface area contributed by atoms with Gasteiger partial charge in [-0.15, -0.1) is 0 Å². The number of likely N-dealkylation sites (tertiary alicyclic amines) is 2. The van der Waals surface area contributed by atoms with Crippen LogP contribution < -0.4 is 15.8 Å². The zero-order valence-electron chi connectivity index (χ0n) is 25.1. The summed E-state index contributed by atoms with van der Waals surface area (Å²) in [6.45, 7) is 3.72. The van der Waals surface area contributed by atoms with Gasteiger partial charge in [0.05, 0.1) is 11.3 Å². The van der Waals surface area contributed by atoms with Crippen molar-refractivity contribution in [2.24, 2.45) is 23.2 Å². The highest BCUT2D eigenvalue weighted by atomic mass is 16.5. The Labute approximate surface area is 258 Å². The zero-order valence-corrected chi connectivity index (χ0v) is 25.1. The van der Waals surface area contributed by atoms with Gasteiger partial charge in [0.25, 0.3) is 0 Å². The number of hydrogen-bond acceptors (Lipinski definition) is 8. The van der Waals surface area contributed by atoms with E-state index in [1.807, 2.05) is 54.6 Å². The monoisotopic (exact) mass is 591 g/mol. The molecule has 2 atom stereocenters. The van der Waals surface area contributed by atoms with E-state index in [-0.39, 0.29) is 17.6 Å². The average molecular weight is 592 g/mol. The van der Waals surface area contributed by atoms with E-state index in [0.29, 0.717) is 40.1 Å². The number of ether oxygens (including phenoxy) is 1. The molecule has 2 aromatic carbocycles. The summed E-state index contributed by atoms with van der Waals surface area (Å²) < 4.78 is 5.91. The molecule has 2 unspecified atom stereocenters. The largest absolute Gasteiger partial charge is 0.457 e. The Morgan fingerprint density at radius 2 is 1.66 bits per heavy atom. The number of amides is 1. The summed E-state index contributed by atoms with van der Waals surface area (Å²) in [6.07, 6.45) is 9.63. The van der Waals surface area contributed by atoms with Crippen molar-refractivity contribution in [3.63, 3.8) is 0 Å². The van der Waals surface area contributed by atoms with Gasteiger partial charge in [-0.25, -0.2) is 9.97 Å². The summed E-state index contributed by atoms with van der Waals surface area (Å²) in [5, 5.41) is 12.5. The lowest BCUT2D eigenvalue weighted by Crippen LogP contribution is -2.63. The normalized spacial score (nSPS) is 27.9. The summed E-state index contributed by atoms with van der Waals surface area (Å²) in [7, 11) is 0. The molecule has 1 aromatic heterocycles. The van der Waals surface area contributed by atoms with Crippen LogP contribution in [-0.2, 0) is 4.79 Å². The Hall–Kier alpha value is -3.98. The minimum Gasteiger partial charge on any atom is -0.457 e. The van der Waals surface area contributed by atoms with Crippen LogP contribution in [0.2, 0.25) is 0 Å². The number of nitrogens with two attached hydrogens (primary N) is 1. The molecule has 9 nitrogen and oxygen atoms in total. The number of hydrogen-bond donors (Lipinski definition) is 3. The van der Waals surface area contributed by atoms with Gasteiger partial charge in [0.1, 0.15) is 29.5 Å². The van der Waals surface area contributed by atoms with Crippen LogP contribution >= 0.6 is 0 Å². The Morgan fingerprint density at radius 1 is 0.977 bits per heavy atom. The third kappa shape index (κ3) is 4.91. The first-order valence-corrected chi connectivity index (χ1v) is 16.3. The molecule has 44 heavy (non-hydrogen) atoms. The van der Waals surface area contributed by atoms with Crippen LogP contribution in [0, 0.1) is 28.6 Å². The quantitative estimate of drug-likeness (QED) is 0.293. The van der Waals surface area contributed by atoms with E-state index in [4.69, 9.17) is 15.9 Å². The number of nitrogens with zero attached hydrogens (tertiary/aromatic N) is 4. The molecule has 2 saturated heterocycles. The van der Waals surface area contributed by atoms with Crippen molar-refractivity contribution in [3.8, 4) is 11.5 Å². The Kier molecular flexibility index (Phi) is 6.81. The predicted octanol–water partition coefficient (Wildman–Crippen LogP) is 5.18. The van der Waals surface area contributed by atoms with Crippen molar-refractivity contribution >= 4 is 23.3 Å². The number of aromatic nitrogens is 2. The second-order valence-electron chi connectivity index (χ2n) is 13.8. The Balaban J connectivity index is 0.846. The first kappa shape index (κ1) is 27.6. The van der Waals surface area contributed by atoms with Gasteiger partial charge in [0.15, 0.2) is 0 Å². The topological polar surface area (TPSA) is 120 Å².